The third-order valence-corrected chi connectivity index (χ3v) is 3.96. The van der Waals surface area contributed by atoms with Crippen LogP contribution < -0.4 is 0 Å². The maximum absolute atomic E-state index is 13.8. The summed E-state index contributed by atoms with van der Waals surface area (Å²) in [5.41, 5.74) is 1.28. The van der Waals surface area contributed by atoms with Gasteiger partial charge in [-0.3, -0.25) is 4.79 Å². The maximum Gasteiger partial charge on any atom is 0.212 e. The summed E-state index contributed by atoms with van der Waals surface area (Å²) in [4.78, 5) is 12.5. The number of hydrogen-bond donors (Lipinski definition) is 0. The number of rotatable bonds is 4. The Morgan fingerprint density at radius 2 is 1.71 bits per heavy atom. The molecule has 0 saturated heterocycles. The molecule has 0 unspecified atom stereocenters. The molecule has 1 aromatic heterocycles. The van der Waals surface area contributed by atoms with Crippen LogP contribution in [0.5, 0.6) is 0 Å². The zero-order valence-corrected chi connectivity index (χ0v) is 12.9. The van der Waals surface area contributed by atoms with Crippen LogP contribution in [0.25, 0.3) is 0 Å². The Hall–Kier alpha value is -2.82. The van der Waals surface area contributed by atoms with E-state index < -0.39 is 17.4 Å². The highest BCUT2D eigenvalue weighted by atomic mass is 19.1. The number of carbonyl (C=O) groups excluding carboxylic acids is 1. The summed E-state index contributed by atoms with van der Waals surface area (Å²) >= 11 is 0. The summed E-state index contributed by atoms with van der Waals surface area (Å²) in [6.07, 6.45) is 0.308. The first-order valence-electron chi connectivity index (χ1n) is 7.35. The summed E-state index contributed by atoms with van der Waals surface area (Å²) < 4.78 is 42.2. The molecule has 3 rings (SSSR count). The van der Waals surface area contributed by atoms with E-state index in [1.807, 2.05) is 0 Å². The van der Waals surface area contributed by atoms with Gasteiger partial charge in [-0.1, -0.05) is 18.2 Å². The molecule has 0 radical (unpaired) electrons. The standard InChI is InChI=1S/C19H14F3NO/c1-23-14(10-12-4-2-3-5-16(12)21)7-9-18(23)19(24)15-8-6-13(20)11-17(15)22/h2-9,11H,10H2,1H3. The first-order chi connectivity index (χ1) is 11.5. The average Bonchev–Trinajstić information content (AvgIpc) is 2.90. The van der Waals surface area contributed by atoms with Crippen molar-refractivity contribution in [1.29, 1.82) is 0 Å². The van der Waals surface area contributed by atoms with E-state index in [4.69, 9.17) is 0 Å². The highest BCUT2D eigenvalue weighted by Crippen LogP contribution is 2.19. The van der Waals surface area contributed by atoms with Gasteiger partial charge < -0.3 is 4.57 Å². The fraction of sp³-hybridized carbons (Fsp3) is 0.105. The summed E-state index contributed by atoms with van der Waals surface area (Å²) in [6, 6.07) is 12.5. The van der Waals surface area contributed by atoms with Gasteiger partial charge in [0, 0.05) is 25.2 Å². The number of hydrogen-bond acceptors (Lipinski definition) is 1. The lowest BCUT2D eigenvalue weighted by atomic mass is 10.1. The number of benzene rings is 2. The molecule has 0 fully saturated rings. The molecule has 2 aromatic carbocycles. The zero-order chi connectivity index (χ0) is 17.3. The maximum atomic E-state index is 13.8. The van der Waals surface area contributed by atoms with E-state index >= 15 is 0 Å². The molecule has 5 heteroatoms. The van der Waals surface area contributed by atoms with Crippen molar-refractivity contribution in [3.63, 3.8) is 0 Å². The van der Waals surface area contributed by atoms with Crippen molar-refractivity contribution in [2.45, 2.75) is 6.42 Å². The normalized spacial score (nSPS) is 10.8. The molecule has 122 valence electrons. The summed E-state index contributed by atoms with van der Waals surface area (Å²) in [7, 11) is 1.66. The van der Waals surface area contributed by atoms with E-state index in [-0.39, 0.29) is 17.1 Å². The first-order valence-corrected chi connectivity index (χ1v) is 7.35. The number of aromatic nitrogens is 1. The Bertz CT molecular complexity index is 915. The molecule has 0 saturated carbocycles. The lowest BCUT2D eigenvalue weighted by Gasteiger charge is -2.09. The van der Waals surface area contributed by atoms with Gasteiger partial charge in [0.1, 0.15) is 17.5 Å². The van der Waals surface area contributed by atoms with Crippen molar-refractivity contribution < 1.29 is 18.0 Å². The second-order valence-corrected chi connectivity index (χ2v) is 5.49. The van der Waals surface area contributed by atoms with Crippen LogP contribution in [0.1, 0.15) is 27.3 Å². The van der Waals surface area contributed by atoms with E-state index in [0.29, 0.717) is 23.7 Å². The van der Waals surface area contributed by atoms with Crippen LogP contribution in [0, 0.1) is 17.5 Å². The van der Waals surface area contributed by atoms with Gasteiger partial charge in [-0.25, -0.2) is 13.2 Å². The second kappa shape index (κ2) is 6.35. The van der Waals surface area contributed by atoms with Crippen LogP contribution in [0.3, 0.4) is 0 Å². The quantitative estimate of drug-likeness (QED) is 0.656. The van der Waals surface area contributed by atoms with Crippen molar-refractivity contribution in [3.8, 4) is 0 Å². The minimum Gasteiger partial charge on any atom is -0.345 e. The summed E-state index contributed by atoms with van der Waals surface area (Å²) in [6.45, 7) is 0. The van der Waals surface area contributed by atoms with Crippen molar-refractivity contribution in [2.24, 2.45) is 7.05 Å². The monoisotopic (exact) mass is 329 g/mol. The molecular weight excluding hydrogens is 315 g/mol. The molecule has 0 atom stereocenters. The van der Waals surface area contributed by atoms with E-state index in [1.165, 1.54) is 6.07 Å². The third kappa shape index (κ3) is 2.97. The molecule has 0 amide bonds. The molecule has 0 aliphatic carbocycles. The van der Waals surface area contributed by atoms with Gasteiger partial charge >= 0.3 is 0 Å². The minimum absolute atomic E-state index is 0.199. The Morgan fingerprint density at radius 3 is 2.42 bits per heavy atom. The van der Waals surface area contributed by atoms with E-state index in [1.54, 1.807) is 41.9 Å². The number of halogens is 3. The Balaban J connectivity index is 1.92. The topological polar surface area (TPSA) is 22.0 Å². The van der Waals surface area contributed by atoms with Crippen molar-refractivity contribution in [3.05, 3.63) is 94.6 Å². The van der Waals surface area contributed by atoms with Crippen molar-refractivity contribution >= 4 is 5.78 Å². The van der Waals surface area contributed by atoms with E-state index in [9.17, 15) is 18.0 Å². The molecule has 0 spiro atoms. The second-order valence-electron chi connectivity index (χ2n) is 5.49. The van der Waals surface area contributed by atoms with Crippen molar-refractivity contribution in [1.82, 2.24) is 4.57 Å². The van der Waals surface area contributed by atoms with Crippen LogP contribution >= 0.6 is 0 Å². The number of nitrogens with zero attached hydrogens (tertiary/aromatic N) is 1. The highest BCUT2D eigenvalue weighted by Gasteiger charge is 2.19. The van der Waals surface area contributed by atoms with Gasteiger partial charge in [0.2, 0.25) is 5.78 Å². The Labute approximate surface area is 137 Å². The lowest BCUT2D eigenvalue weighted by molar-refractivity contribution is 0.102. The third-order valence-electron chi connectivity index (χ3n) is 3.96. The lowest BCUT2D eigenvalue weighted by Crippen LogP contribution is -2.11. The molecule has 0 bridgehead atoms. The van der Waals surface area contributed by atoms with Crippen LogP contribution in [-0.4, -0.2) is 10.4 Å². The minimum atomic E-state index is -0.906. The Morgan fingerprint density at radius 1 is 0.958 bits per heavy atom. The average molecular weight is 329 g/mol. The highest BCUT2D eigenvalue weighted by molar-refractivity contribution is 6.08. The fourth-order valence-electron chi connectivity index (χ4n) is 2.61. The largest absolute Gasteiger partial charge is 0.345 e. The van der Waals surface area contributed by atoms with E-state index in [2.05, 4.69) is 0 Å². The van der Waals surface area contributed by atoms with Crippen molar-refractivity contribution in [2.75, 3.05) is 0 Å². The number of ketones is 1. The Kier molecular flexibility index (Phi) is 4.25. The summed E-state index contributed by atoms with van der Waals surface area (Å²) in [5.74, 6) is -2.51. The molecule has 1 heterocycles. The van der Waals surface area contributed by atoms with Crippen LogP contribution in [0.4, 0.5) is 13.2 Å². The molecule has 2 nitrogen and oxygen atoms in total. The smallest absolute Gasteiger partial charge is 0.212 e. The predicted molar refractivity (Wildman–Crippen MR) is 84.4 cm³/mol. The molecule has 24 heavy (non-hydrogen) atoms. The molecule has 3 aromatic rings. The van der Waals surface area contributed by atoms with Gasteiger partial charge in [-0.05, 0) is 35.9 Å². The predicted octanol–water partition coefficient (Wildman–Crippen LogP) is 4.26. The van der Waals surface area contributed by atoms with Gasteiger partial charge in [0.05, 0.1) is 11.3 Å². The zero-order valence-electron chi connectivity index (χ0n) is 12.9. The molecule has 0 aliphatic heterocycles. The molecule has 0 aliphatic rings. The van der Waals surface area contributed by atoms with Gasteiger partial charge in [0.15, 0.2) is 0 Å². The SMILES string of the molecule is Cn1c(Cc2ccccc2F)ccc1C(=O)c1ccc(F)cc1F. The van der Waals surface area contributed by atoms with Gasteiger partial charge in [-0.2, -0.15) is 0 Å². The van der Waals surface area contributed by atoms with E-state index in [0.717, 1.165) is 12.1 Å². The number of carbonyl (C=O) groups is 1. The van der Waals surface area contributed by atoms with Crippen LogP contribution in [-0.2, 0) is 13.5 Å². The van der Waals surface area contributed by atoms with Gasteiger partial charge in [-0.15, -0.1) is 0 Å². The molecular formula is C19H14F3NO. The first kappa shape index (κ1) is 16.1. The van der Waals surface area contributed by atoms with Crippen LogP contribution in [0.2, 0.25) is 0 Å². The fourth-order valence-corrected chi connectivity index (χ4v) is 2.61. The van der Waals surface area contributed by atoms with Gasteiger partial charge in [0.25, 0.3) is 0 Å². The summed E-state index contributed by atoms with van der Waals surface area (Å²) in [5, 5.41) is 0. The molecule has 0 N–H and O–H groups in total. The van der Waals surface area contributed by atoms with Crippen LogP contribution in [0.15, 0.2) is 54.6 Å².